The fraction of sp³-hybridized carbons (Fsp3) is 0.692. The smallest absolute Gasteiger partial charge is 0.0191 e. The molecule has 0 radical (unpaired) electrons. The zero-order valence-corrected chi connectivity index (χ0v) is 9.27. The Kier molecular flexibility index (Phi) is 4.27. The van der Waals surface area contributed by atoms with Gasteiger partial charge in [0.2, 0.25) is 0 Å². The van der Waals surface area contributed by atoms with Crippen LogP contribution >= 0.6 is 0 Å². The van der Waals surface area contributed by atoms with Crippen LogP contribution in [0.2, 0.25) is 0 Å². The van der Waals surface area contributed by atoms with Gasteiger partial charge in [0.15, 0.2) is 0 Å². The third-order valence-electron chi connectivity index (χ3n) is 2.95. The summed E-state index contributed by atoms with van der Waals surface area (Å²) >= 11 is 0. The van der Waals surface area contributed by atoms with E-state index >= 15 is 0 Å². The summed E-state index contributed by atoms with van der Waals surface area (Å²) < 4.78 is 0. The molecule has 0 amide bonds. The summed E-state index contributed by atoms with van der Waals surface area (Å²) in [7, 11) is 0. The average Bonchev–Trinajstić information content (AvgIpc) is 2.30. The second-order valence-corrected chi connectivity index (χ2v) is 4.22. The van der Waals surface area contributed by atoms with Crippen LogP contribution in [0.4, 0.5) is 0 Å². The van der Waals surface area contributed by atoms with E-state index in [1.807, 2.05) is 0 Å². The minimum Gasteiger partial charge on any atom is -0.0843 e. The second-order valence-electron chi connectivity index (χ2n) is 4.22. The molecular weight excluding hydrogens is 156 g/mol. The van der Waals surface area contributed by atoms with E-state index in [1.165, 1.54) is 32.1 Å². The molecule has 13 heavy (non-hydrogen) atoms. The first-order valence-corrected chi connectivity index (χ1v) is 5.62. The topological polar surface area (TPSA) is 0 Å². The molecule has 0 bridgehead atoms. The highest BCUT2D eigenvalue weighted by Crippen LogP contribution is 2.27. The third-order valence-corrected chi connectivity index (χ3v) is 2.95. The van der Waals surface area contributed by atoms with Crippen molar-refractivity contribution < 1.29 is 0 Å². The maximum absolute atomic E-state index is 2.37. The summed E-state index contributed by atoms with van der Waals surface area (Å²) in [5, 5.41) is 0. The molecule has 1 unspecified atom stereocenters. The van der Waals surface area contributed by atoms with E-state index in [0.717, 1.165) is 5.92 Å². The fourth-order valence-electron chi connectivity index (χ4n) is 2.15. The van der Waals surface area contributed by atoms with Crippen LogP contribution in [0.25, 0.3) is 0 Å². The van der Waals surface area contributed by atoms with E-state index in [0.29, 0.717) is 0 Å². The molecule has 74 valence electrons. The van der Waals surface area contributed by atoms with Crippen molar-refractivity contribution in [2.45, 2.75) is 52.9 Å². The zero-order valence-electron chi connectivity index (χ0n) is 9.27. The van der Waals surface area contributed by atoms with Crippen LogP contribution in [-0.2, 0) is 0 Å². The highest BCUT2D eigenvalue weighted by Gasteiger charge is 2.10. The highest BCUT2D eigenvalue weighted by atomic mass is 14.2. The van der Waals surface area contributed by atoms with Gasteiger partial charge in [0.1, 0.15) is 0 Å². The molecule has 0 spiro atoms. The van der Waals surface area contributed by atoms with Crippen molar-refractivity contribution in [2.24, 2.45) is 5.92 Å². The van der Waals surface area contributed by atoms with Gasteiger partial charge in [-0.2, -0.15) is 0 Å². The van der Waals surface area contributed by atoms with Crippen molar-refractivity contribution in [1.29, 1.82) is 0 Å². The lowest BCUT2D eigenvalue weighted by molar-refractivity contribution is 0.597. The van der Waals surface area contributed by atoms with E-state index in [1.54, 1.807) is 11.1 Å². The molecule has 0 aromatic heterocycles. The summed E-state index contributed by atoms with van der Waals surface area (Å²) in [4.78, 5) is 0. The Bertz CT molecular complexity index is 208. The lowest BCUT2D eigenvalue weighted by atomic mass is 9.92. The predicted octanol–water partition coefficient (Wildman–Crippen LogP) is 4.48. The van der Waals surface area contributed by atoms with Crippen molar-refractivity contribution in [3.05, 3.63) is 23.3 Å². The van der Waals surface area contributed by atoms with E-state index in [4.69, 9.17) is 0 Å². The minimum absolute atomic E-state index is 0.783. The number of hydrogen-bond donors (Lipinski definition) is 0. The third kappa shape index (κ3) is 3.02. The van der Waals surface area contributed by atoms with Gasteiger partial charge in [-0.15, -0.1) is 0 Å². The van der Waals surface area contributed by atoms with Gasteiger partial charge < -0.3 is 0 Å². The van der Waals surface area contributed by atoms with Gasteiger partial charge in [-0.1, -0.05) is 38.0 Å². The molecule has 0 aromatic rings. The SMILES string of the molecule is CCCC(C)=C1C=CCCCC1C. The molecule has 1 atom stereocenters. The number of allylic oxidation sites excluding steroid dienone is 4. The van der Waals surface area contributed by atoms with Crippen molar-refractivity contribution in [3.63, 3.8) is 0 Å². The van der Waals surface area contributed by atoms with Crippen LogP contribution in [0.15, 0.2) is 23.3 Å². The van der Waals surface area contributed by atoms with Crippen LogP contribution in [0.1, 0.15) is 52.9 Å². The lowest BCUT2D eigenvalue weighted by Gasteiger charge is -2.14. The van der Waals surface area contributed by atoms with Crippen molar-refractivity contribution >= 4 is 0 Å². The van der Waals surface area contributed by atoms with Crippen LogP contribution in [-0.4, -0.2) is 0 Å². The molecule has 0 aliphatic heterocycles. The Labute approximate surface area is 82.7 Å². The normalized spacial score (nSPS) is 27.2. The van der Waals surface area contributed by atoms with Crippen LogP contribution in [0.3, 0.4) is 0 Å². The molecule has 0 heterocycles. The van der Waals surface area contributed by atoms with Gasteiger partial charge in [0.25, 0.3) is 0 Å². The zero-order chi connectivity index (χ0) is 9.68. The highest BCUT2D eigenvalue weighted by molar-refractivity contribution is 5.27. The molecule has 1 aliphatic rings. The molecule has 0 fully saturated rings. The minimum atomic E-state index is 0.783. The van der Waals surface area contributed by atoms with E-state index < -0.39 is 0 Å². The van der Waals surface area contributed by atoms with Gasteiger partial charge in [-0.3, -0.25) is 0 Å². The molecule has 1 rings (SSSR count). The maximum atomic E-state index is 2.37. The quantitative estimate of drug-likeness (QED) is 0.585. The lowest BCUT2D eigenvalue weighted by Crippen LogP contribution is -1.98. The van der Waals surface area contributed by atoms with E-state index in [2.05, 4.69) is 32.9 Å². The standard InChI is InChI=1S/C13H22/c1-4-8-11(2)13-10-7-5-6-9-12(13)3/h7,10,12H,4-6,8-9H2,1-3H3. The van der Waals surface area contributed by atoms with Crippen LogP contribution in [0.5, 0.6) is 0 Å². The Morgan fingerprint density at radius 2 is 2.31 bits per heavy atom. The molecule has 0 N–H and O–H groups in total. The van der Waals surface area contributed by atoms with Gasteiger partial charge in [-0.05, 0) is 44.1 Å². The molecular formula is C13H22. The molecule has 0 heteroatoms. The summed E-state index contributed by atoms with van der Waals surface area (Å²) in [6.07, 6.45) is 11.2. The maximum Gasteiger partial charge on any atom is -0.0191 e. The average molecular weight is 178 g/mol. The van der Waals surface area contributed by atoms with Gasteiger partial charge in [0.05, 0.1) is 0 Å². The Balaban J connectivity index is 2.78. The summed E-state index contributed by atoms with van der Waals surface area (Å²) in [5.74, 6) is 0.783. The van der Waals surface area contributed by atoms with Gasteiger partial charge in [0, 0.05) is 0 Å². The Hall–Kier alpha value is -0.520. The first kappa shape index (κ1) is 10.6. The van der Waals surface area contributed by atoms with E-state index in [-0.39, 0.29) is 0 Å². The van der Waals surface area contributed by atoms with Crippen LogP contribution < -0.4 is 0 Å². The Morgan fingerprint density at radius 1 is 1.54 bits per heavy atom. The monoisotopic (exact) mass is 178 g/mol. The van der Waals surface area contributed by atoms with Gasteiger partial charge >= 0.3 is 0 Å². The summed E-state index contributed by atoms with van der Waals surface area (Å²) in [6, 6.07) is 0. The molecule has 0 nitrogen and oxygen atoms in total. The molecule has 0 aromatic carbocycles. The van der Waals surface area contributed by atoms with Crippen molar-refractivity contribution in [2.75, 3.05) is 0 Å². The largest absolute Gasteiger partial charge is 0.0843 e. The fourth-order valence-corrected chi connectivity index (χ4v) is 2.15. The van der Waals surface area contributed by atoms with Crippen LogP contribution in [0, 0.1) is 5.92 Å². The summed E-state index contributed by atoms with van der Waals surface area (Å²) in [6.45, 7) is 6.92. The van der Waals surface area contributed by atoms with Gasteiger partial charge in [-0.25, -0.2) is 0 Å². The van der Waals surface area contributed by atoms with E-state index in [9.17, 15) is 0 Å². The first-order valence-electron chi connectivity index (χ1n) is 5.62. The second kappa shape index (κ2) is 5.26. The van der Waals surface area contributed by atoms with Crippen molar-refractivity contribution in [3.8, 4) is 0 Å². The first-order chi connectivity index (χ1) is 6.25. The number of hydrogen-bond acceptors (Lipinski definition) is 0. The summed E-state index contributed by atoms with van der Waals surface area (Å²) in [5.41, 5.74) is 3.22. The predicted molar refractivity (Wildman–Crippen MR) is 59.8 cm³/mol. The molecule has 0 saturated carbocycles. The Morgan fingerprint density at radius 3 is 3.00 bits per heavy atom. The van der Waals surface area contributed by atoms with Crippen molar-refractivity contribution in [1.82, 2.24) is 0 Å². The molecule has 0 saturated heterocycles. The number of rotatable bonds is 2. The molecule has 1 aliphatic carbocycles.